The number of aromatic nitrogens is 2. The molecule has 2 heterocycles. The number of hydrogen-bond donors (Lipinski definition) is 1. The van der Waals surface area contributed by atoms with Crippen LogP contribution in [0.4, 0.5) is 0 Å². The molecule has 2 N–H and O–H groups in total. The molecule has 1 amide bonds. The molecule has 0 unspecified atom stereocenters. The van der Waals surface area contributed by atoms with Crippen LogP contribution in [0.5, 0.6) is 0 Å². The number of benzene rings is 1. The van der Waals surface area contributed by atoms with Crippen molar-refractivity contribution in [2.75, 3.05) is 0 Å². The highest BCUT2D eigenvalue weighted by atomic mass is 32.1. The summed E-state index contributed by atoms with van der Waals surface area (Å²) in [7, 11) is 0. The number of fused-ring (bicyclic) bond motifs is 1. The van der Waals surface area contributed by atoms with E-state index in [2.05, 4.69) is 16.2 Å². The van der Waals surface area contributed by atoms with E-state index in [0.29, 0.717) is 5.56 Å². The fourth-order valence-corrected chi connectivity index (χ4v) is 2.64. The first-order valence-corrected chi connectivity index (χ1v) is 6.08. The lowest BCUT2D eigenvalue weighted by atomic mass is 10.2. The molecule has 3 aromatic rings. The van der Waals surface area contributed by atoms with Crippen LogP contribution in [0.25, 0.3) is 20.8 Å². The van der Waals surface area contributed by atoms with Gasteiger partial charge in [-0.15, -0.1) is 11.3 Å². The molecule has 0 saturated heterocycles. The lowest BCUT2D eigenvalue weighted by Crippen LogP contribution is -2.10. The number of nitrogens with zero attached hydrogens (tertiary/aromatic N) is 2. The van der Waals surface area contributed by atoms with Crippen LogP contribution >= 0.6 is 11.3 Å². The highest BCUT2D eigenvalue weighted by Gasteiger charge is 2.08. The van der Waals surface area contributed by atoms with E-state index in [-0.39, 0.29) is 0 Å². The maximum Gasteiger partial charge on any atom is 0.248 e. The number of thiazole rings is 1. The maximum atomic E-state index is 11.1. The van der Waals surface area contributed by atoms with Gasteiger partial charge in [0.1, 0.15) is 5.01 Å². The Kier molecular flexibility index (Phi) is 2.53. The molecule has 0 aliphatic heterocycles. The Morgan fingerprint density at radius 3 is 2.94 bits per heavy atom. The first-order valence-electron chi connectivity index (χ1n) is 5.27. The SMILES string of the molecule is NC(=O)c1ccc2nc(-c3cc[c]nc3)sc2c1. The van der Waals surface area contributed by atoms with Crippen molar-refractivity contribution in [3.63, 3.8) is 0 Å². The van der Waals surface area contributed by atoms with Crippen LogP contribution in [0.2, 0.25) is 0 Å². The maximum absolute atomic E-state index is 11.1. The van der Waals surface area contributed by atoms with Gasteiger partial charge >= 0.3 is 0 Å². The zero-order valence-electron chi connectivity index (χ0n) is 9.25. The van der Waals surface area contributed by atoms with E-state index in [4.69, 9.17) is 5.73 Å². The Balaban J connectivity index is 2.14. The van der Waals surface area contributed by atoms with Gasteiger partial charge in [-0.05, 0) is 30.3 Å². The number of nitrogens with two attached hydrogens (primary N) is 1. The normalized spacial score (nSPS) is 10.7. The fraction of sp³-hybridized carbons (Fsp3) is 0. The van der Waals surface area contributed by atoms with Gasteiger partial charge in [-0.3, -0.25) is 9.78 Å². The summed E-state index contributed by atoms with van der Waals surface area (Å²) < 4.78 is 0.939. The molecule has 1 aromatic carbocycles. The topological polar surface area (TPSA) is 68.9 Å². The molecular formula is C13H8N3OS. The highest BCUT2D eigenvalue weighted by molar-refractivity contribution is 7.21. The third kappa shape index (κ3) is 1.84. The minimum Gasteiger partial charge on any atom is -0.366 e. The van der Waals surface area contributed by atoms with Gasteiger partial charge in [0, 0.05) is 17.3 Å². The molecule has 18 heavy (non-hydrogen) atoms. The molecule has 0 spiro atoms. The van der Waals surface area contributed by atoms with Gasteiger partial charge in [-0.1, -0.05) is 0 Å². The summed E-state index contributed by atoms with van der Waals surface area (Å²) >= 11 is 1.51. The molecular weight excluding hydrogens is 246 g/mol. The van der Waals surface area contributed by atoms with Gasteiger partial charge in [-0.2, -0.15) is 0 Å². The predicted octanol–water partition coefficient (Wildman–Crippen LogP) is 2.26. The van der Waals surface area contributed by atoms with Crippen LogP contribution < -0.4 is 5.73 Å². The average Bonchev–Trinajstić information content (AvgIpc) is 2.82. The quantitative estimate of drug-likeness (QED) is 0.762. The number of pyridine rings is 1. The van der Waals surface area contributed by atoms with Gasteiger partial charge in [0.15, 0.2) is 0 Å². The van der Waals surface area contributed by atoms with Crippen molar-refractivity contribution < 1.29 is 4.79 Å². The molecule has 0 fully saturated rings. The highest BCUT2D eigenvalue weighted by Crippen LogP contribution is 2.30. The molecule has 0 aliphatic carbocycles. The van der Waals surface area contributed by atoms with Crippen molar-refractivity contribution >= 4 is 27.5 Å². The van der Waals surface area contributed by atoms with Crippen LogP contribution in [0.15, 0.2) is 36.5 Å². The standard InChI is InChI=1S/C13H8N3OS/c14-12(17)8-3-4-10-11(6-8)18-13(16-10)9-2-1-5-15-7-9/h1-4,6-7H,(H2,14,17). The van der Waals surface area contributed by atoms with Crippen LogP contribution in [0, 0.1) is 6.20 Å². The number of rotatable bonds is 2. The van der Waals surface area contributed by atoms with Gasteiger partial charge < -0.3 is 5.73 Å². The number of hydrogen-bond acceptors (Lipinski definition) is 4. The van der Waals surface area contributed by atoms with E-state index < -0.39 is 5.91 Å². The summed E-state index contributed by atoms with van der Waals surface area (Å²) in [4.78, 5) is 19.6. The average molecular weight is 254 g/mol. The monoisotopic (exact) mass is 254 g/mol. The lowest BCUT2D eigenvalue weighted by Gasteiger charge is -1.92. The molecule has 0 bridgehead atoms. The van der Waals surface area contributed by atoms with E-state index in [1.165, 1.54) is 11.3 Å². The van der Waals surface area contributed by atoms with Crippen molar-refractivity contribution in [3.05, 3.63) is 48.3 Å². The molecule has 2 aromatic heterocycles. The fourth-order valence-electron chi connectivity index (χ4n) is 1.65. The molecule has 0 saturated carbocycles. The van der Waals surface area contributed by atoms with Crippen LogP contribution in [0.3, 0.4) is 0 Å². The Morgan fingerprint density at radius 1 is 1.33 bits per heavy atom. The summed E-state index contributed by atoms with van der Waals surface area (Å²) in [6.45, 7) is 0. The van der Waals surface area contributed by atoms with E-state index >= 15 is 0 Å². The summed E-state index contributed by atoms with van der Waals surface area (Å²) in [6, 6.07) is 8.90. The number of primary amides is 1. The summed E-state index contributed by atoms with van der Waals surface area (Å²) in [5.74, 6) is -0.428. The minimum absolute atomic E-state index is 0.428. The van der Waals surface area contributed by atoms with Gasteiger partial charge in [0.2, 0.25) is 5.91 Å². The molecule has 3 rings (SSSR count). The van der Waals surface area contributed by atoms with Crippen molar-refractivity contribution in [1.29, 1.82) is 0 Å². The Labute approximate surface area is 107 Å². The number of amides is 1. The summed E-state index contributed by atoms with van der Waals surface area (Å²) in [5.41, 5.74) is 7.55. The number of carbonyl (C=O) groups excluding carboxylic acids is 1. The van der Waals surface area contributed by atoms with Crippen LogP contribution in [0.1, 0.15) is 10.4 Å². The number of carbonyl (C=O) groups is 1. The summed E-state index contributed by atoms with van der Waals surface area (Å²) in [6.07, 6.45) is 4.44. The van der Waals surface area contributed by atoms with Gasteiger partial charge in [0.05, 0.1) is 16.4 Å². The second-order valence-corrected chi connectivity index (χ2v) is 4.77. The largest absolute Gasteiger partial charge is 0.366 e. The smallest absolute Gasteiger partial charge is 0.248 e. The Hall–Kier alpha value is -2.27. The third-order valence-electron chi connectivity index (χ3n) is 2.54. The Bertz CT molecular complexity index is 721. The first-order chi connectivity index (χ1) is 8.74. The van der Waals surface area contributed by atoms with Crippen LogP contribution in [-0.2, 0) is 0 Å². The molecule has 5 heteroatoms. The molecule has 4 nitrogen and oxygen atoms in total. The van der Waals surface area contributed by atoms with Crippen molar-refractivity contribution in [2.45, 2.75) is 0 Å². The predicted molar refractivity (Wildman–Crippen MR) is 70.2 cm³/mol. The minimum atomic E-state index is -0.428. The van der Waals surface area contributed by atoms with Gasteiger partial charge in [-0.25, -0.2) is 4.98 Å². The zero-order valence-corrected chi connectivity index (χ0v) is 10.1. The van der Waals surface area contributed by atoms with Crippen LogP contribution in [-0.4, -0.2) is 15.9 Å². The van der Waals surface area contributed by atoms with Crippen molar-refractivity contribution in [3.8, 4) is 10.6 Å². The second kappa shape index (κ2) is 4.19. The second-order valence-electron chi connectivity index (χ2n) is 3.74. The van der Waals surface area contributed by atoms with E-state index in [0.717, 1.165) is 20.8 Å². The van der Waals surface area contributed by atoms with E-state index in [1.54, 1.807) is 30.5 Å². The van der Waals surface area contributed by atoms with Gasteiger partial charge in [0.25, 0.3) is 0 Å². The summed E-state index contributed by atoms with van der Waals surface area (Å²) in [5, 5.41) is 0.869. The van der Waals surface area contributed by atoms with Crippen molar-refractivity contribution in [1.82, 2.24) is 9.97 Å². The third-order valence-corrected chi connectivity index (χ3v) is 3.60. The zero-order chi connectivity index (χ0) is 12.5. The van der Waals surface area contributed by atoms with Crippen molar-refractivity contribution in [2.24, 2.45) is 5.73 Å². The first kappa shape index (κ1) is 10.9. The molecule has 0 atom stereocenters. The lowest BCUT2D eigenvalue weighted by molar-refractivity contribution is 0.100. The Morgan fingerprint density at radius 2 is 2.22 bits per heavy atom. The molecule has 87 valence electrons. The van der Waals surface area contributed by atoms with E-state index in [1.807, 2.05) is 6.07 Å². The molecule has 0 aliphatic rings. The molecule has 1 radical (unpaired) electrons. The van der Waals surface area contributed by atoms with E-state index in [9.17, 15) is 4.79 Å².